The lowest BCUT2D eigenvalue weighted by molar-refractivity contribution is -0.0216. The Morgan fingerprint density at radius 1 is 1.47 bits per heavy atom. The third kappa shape index (κ3) is 2.67. The first-order chi connectivity index (χ1) is 9.22. The van der Waals surface area contributed by atoms with Gasteiger partial charge >= 0.3 is 0 Å². The van der Waals surface area contributed by atoms with E-state index >= 15 is 0 Å². The second kappa shape index (κ2) is 5.11. The predicted octanol–water partition coefficient (Wildman–Crippen LogP) is 1.14. The van der Waals surface area contributed by atoms with E-state index < -0.39 is 0 Å². The summed E-state index contributed by atoms with van der Waals surface area (Å²) in [5.74, 6) is 0. The molecule has 0 aliphatic carbocycles. The second-order valence-electron chi connectivity index (χ2n) is 4.95. The number of hydrogen-bond acceptors (Lipinski definition) is 4. The van der Waals surface area contributed by atoms with Crippen LogP contribution >= 0.6 is 0 Å². The van der Waals surface area contributed by atoms with E-state index in [0.717, 1.165) is 24.1 Å². The Morgan fingerprint density at radius 3 is 3.16 bits per heavy atom. The molecule has 0 bridgehead atoms. The minimum Gasteiger partial charge on any atom is -0.376 e. The summed E-state index contributed by atoms with van der Waals surface area (Å²) in [5, 5.41) is 0. The number of H-pyrrole nitrogens is 1. The molecule has 3 rings (SSSR count). The largest absolute Gasteiger partial charge is 0.376 e. The molecule has 0 amide bonds. The zero-order chi connectivity index (χ0) is 13.2. The lowest BCUT2D eigenvalue weighted by atomic mass is 10.2. The summed E-state index contributed by atoms with van der Waals surface area (Å²) in [5.41, 5.74) is 2.09. The Labute approximate surface area is 111 Å². The second-order valence-corrected chi connectivity index (χ2v) is 4.95. The monoisotopic (exact) mass is 259 g/mol. The molecule has 5 nitrogen and oxygen atoms in total. The number of rotatable bonds is 2. The molecule has 0 unspecified atom stereocenters. The number of aromatic nitrogens is 2. The van der Waals surface area contributed by atoms with E-state index in [-0.39, 0.29) is 11.7 Å². The zero-order valence-corrected chi connectivity index (χ0v) is 10.9. The quantitative estimate of drug-likeness (QED) is 0.878. The lowest BCUT2D eigenvalue weighted by Gasteiger charge is -2.30. The van der Waals surface area contributed by atoms with Crippen LogP contribution in [0.2, 0.25) is 0 Å². The summed E-state index contributed by atoms with van der Waals surface area (Å²) in [4.78, 5) is 21.6. The van der Waals surface area contributed by atoms with Crippen LogP contribution in [0.5, 0.6) is 0 Å². The number of nitrogens with one attached hydrogen (secondary N) is 1. The number of aromatic amines is 1. The lowest BCUT2D eigenvalue weighted by Crippen LogP contribution is -2.41. The van der Waals surface area contributed by atoms with E-state index in [1.807, 2.05) is 31.2 Å². The summed E-state index contributed by atoms with van der Waals surface area (Å²) in [6, 6.07) is 7.60. The van der Waals surface area contributed by atoms with Crippen LogP contribution in [0.1, 0.15) is 12.6 Å². The molecule has 0 saturated carbocycles. The Balaban J connectivity index is 1.88. The molecular weight excluding hydrogens is 242 g/mol. The average molecular weight is 259 g/mol. The Bertz CT molecular complexity index is 638. The maximum atomic E-state index is 12.0. The van der Waals surface area contributed by atoms with Crippen LogP contribution in [0.3, 0.4) is 0 Å². The van der Waals surface area contributed by atoms with Gasteiger partial charge in [0, 0.05) is 19.6 Å². The maximum absolute atomic E-state index is 12.0. The maximum Gasteiger partial charge on any atom is 0.271 e. The Hall–Kier alpha value is -1.72. The average Bonchev–Trinajstić information content (AvgIpc) is 2.40. The van der Waals surface area contributed by atoms with Crippen molar-refractivity contribution in [2.75, 3.05) is 19.7 Å². The van der Waals surface area contributed by atoms with E-state index in [9.17, 15) is 4.79 Å². The Kier molecular flexibility index (Phi) is 3.31. The predicted molar refractivity (Wildman–Crippen MR) is 73.1 cm³/mol. The third-order valence-corrected chi connectivity index (χ3v) is 3.37. The number of para-hydroxylation sites is 2. The van der Waals surface area contributed by atoms with Crippen LogP contribution in [-0.2, 0) is 11.3 Å². The highest BCUT2D eigenvalue weighted by Crippen LogP contribution is 2.10. The zero-order valence-electron chi connectivity index (χ0n) is 10.9. The van der Waals surface area contributed by atoms with Gasteiger partial charge in [-0.05, 0) is 19.1 Å². The van der Waals surface area contributed by atoms with Crippen molar-refractivity contribution in [3.63, 3.8) is 0 Å². The molecule has 1 atom stereocenters. The third-order valence-electron chi connectivity index (χ3n) is 3.37. The minimum atomic E-state index is -0.0992. The molecule has 0 radical (unpaired) electrons. The standard InChI is InChI=1S/C14H17N3O2/c1-10-8-17(6-7-19-10)9-13-14(18)16-12-5-3-2-4-11(12)15-13/h2-5,10H,6-9H2,1H3,(H,16,18)/t10-/m1/s1. The van der Waals surface area contributed by atoms with E-state index in [1.54, 1.807) is 0 Å². The fraction of sp³-hybridized carbons (Fsp3) is 0.429. The van der Waals surface area contributed by atoms with Crippen molar-refractivity contribution in [2.45, 2.75) is 19.6 Å². The molecular formula is C14H17N3O2. The van der Waals surface area contributed by atoms with E-state index in [0.29, 0.717) is 18.8 Å². The molecule has 1 aromatic heterocycles. The van der Waals surface area contributed by atoms with Crippen LogP contribution in [0.4, 0.5) is 0 Å². The van der Waals surface area contributed by atoms with Crippen molar-refractivity contribution in [3.05, 3.63) is 40.3 Å². The highest BCUT2D eigenvalue weighted by atomic mass is 16.5. The molecule has 1 aliphatic rings. The SMILES string of the molecule is C[C@@H]1CN(Cc2nc3ccccc3[nH]c2=O)CCO1. The van der Waals surface area contributed by atoms with Crippen molar-refractivity contribution < 1.29 is 4.74 Å². The van der Waals surface area contributed by atoms with E-state index in [2.05, 4.69) is 14.9 Å². The van der Waals surface area contributed by atoms with Gasteiger partial charge in [0.25, 0.3) is 5.56 Å². The molecule has 1 aromatic carbocycles. The van der Waals surface area contributed by atoms with Crippen molar-refractivity contribution in [1.29, 1.82) is 0 Å². The summed E-state index contributed by atoms with van der Waals surface area (Å²) < 4.78 is 5.50. The molecule has 5 heteroatoms. The summed E-state index contributed by atoms with van der Waals surface area (Å²) >= 11 is 0. The van der Waals surface area contributed by atoms with Crippen LogP contribution in [0.25, 0.3) is 11.0 Å². The van der Waals surface area contributed by atoms with Crippen molar-refractivity contribution in [3.8, 4) is 0 Å². The van der Waals surface area contributed by atoms with Gasteiger partial charge in [0.1, 0.15) is 5.69 Å². The molecule has 100 valence electrons. The van der Waals surface area contributed by atoms with Crippen molar-refractivity contribution >= 4 is 11.0 Å². The molecule has 2 heterocycles. The van der Waals surface area contributed by atoms with Crippen molar-refractivity contribution in [1.82, 2.24) is 14.9 Å². The Morgan fingerprint density at radius 2 is 2.32 bits per heavy atom. The van der Waals surface area contributed by atoms with E-state index in [1.165, 1.54) is 0 Å². The van der Waals surface area contributed by atoms with Crippen LogP contribution < -0.4 is 5.56 Å². The number of benzene rings is 1. The number of hydrogen-bond donors (Lipinski definition) is 1. The molecule has 19 heavy (non-hydrogen) atoms. The van der Waals surface area contributed by atoms with Gasteiger partial charge in [-0.15, -0.1) is 0 Å². The van der Waals surface area contributed by atoms with Crippen LogP contribution in [0, 0.1) is 0 Å². The van der Waals surface area contributed by atoms with E-state index in [4.69, 9.17) is 4.74 Å². The molecule has 0 spiro atoms. The van der Waals surface area contributed by atoms with Gasteiger partial charge in [0.05, 0.1) is 23.7 Å². The van der Waals surface area contributed by atoms with Gasteiger partial charge in [-0.2, -0.15) is 0 Å². The molecule has 1 aliphatic heterocycles. The summed E-state index contributed by atoms with van der Waals surface area (Å²) in [7, 11) is 0. The first-order valence-corrected chi connectivity index (χ1v) is 6.54. The van der Waals surface area contributed by atoms with Gasteiger partial charge in [-0.25, -0.2) is 4.98 Å². The minimum absolute atomic E-state index is 0.0992. The molecule has 1 fully saturated rings. The van der Waals surface area contributed by atoms with Gasteiger partial charge in [-0.1, -0.05) is 12.1 Å². The number of fused-ring (bicyclic) bond motifs is 1. The molecule has 1 N–H and O–H groups in total. The smallest absolute Gasteiger partial charge is 0.271 e. The first kappa shape index (κ1) is 12.3. The van der Waals surface area contributed by atoms with Crippen LogP contribution in [0.15, 0.2) is 29.1 Å². The topological polar surface area (TPSA) is 58.2 Å². The van der Waals surface area contributed by atoms with Gasteiger partial charge in [-0.3, -0.25) is 9.69 Å². The fourth-order valence-electron chi connectivity index (χ4n) is 2.42. The summed E-state index contributed by atoms with van der Waals surface area (Å²) in [6.45, 7) is 5.02. The summed E-state index contributed by atoms with van der Waals surface area (Å²) in [6.07, 6.45) is 0.216. The molecule has 1 saturated heterocycles. The normalized spacial score (nSPS) is 20.8. The van der Waals surface area contributed by atoms with Crippen LogP contribution in [-0.4, -0.2) is 40.7 Å². The fourth-order valence-corrected chi connectivity index (χ4v) is 2.42. The first-order valence-electron chi connectivity index (χ1n) is 6.54. The molecule has 2 aromatic rings. The highest BCUT2D eigenvalue weighted by molar-refractivity contribution is 5.73. The van der Waals surface area contributed by atoms with Crippen molar-refractivity contribution in [2.24, 2.45) is 0 Å². The number of morpholine rings is 1. The number of ether oxygens (including phenoxy) is 1. The van der Waals surface area contributed by atoms with Gasteiger partial charge < -0.3 is 9.72 Å². The highest BCUT2D eigenvalue weighted by Gasteiger charge is 2.18. The van der Waals surface area contributed by atoms with Gasteiger partial charge in [0.2, 0.25) is 0 Å². The number of nitrogens with zero attached hydrogens (tertiary/aromatic N) is 2. The van der Waals surface area contributed by atoms with Gasteiger partial charge in [0.15, 0.2) is 0 Å².